The SMILES string of the molecule is C[Si](C)(C)CCOCOc1ncc(Br)c2ccc(Cl)nc12. The summed E-state index contributed by atoms with van der Waals surface area (Å²) in [7, 11) is -1.08. The van der Waals surface area contributed by atoms with Gasteiger partial charge in [-0.2, -0.15) is 0 Å². The molecule has 2 rings (SSSR count). The largest absolute Gasteiger partial charge is 0.449 e. The van der Waals surface area contributed by atoms with Crippen molar-refractivity contribution in [2.24, 2.45) is 0 Å². The number of ether oxygens (including phenoxy) is 2. The fraction of sp³-hybridized carbons (Fsp3) is 0.429. The standard InChI is InChI=1S/C14H18BrClN2O2Si/c1-21(2,3)7-6-19-9-20-14-13-10(11(15)8-17-14)4-5-12(16)18-13/h4-5,8H,6-7,9H2,1-3H3. The molecule has 2 aromatic heterocycles. The molecular weight excluding hydrogens is 372 g/mol. The van der Waals surface area contributed by atoms with Gasteiger partial charge in [-0.05, 0) is 34.1 Å². The van der Waals surface area contributed by atoms with Crippen LogP contribution in [0.3, 0.4) is 0 Å². The van der Waals surface area contributed by atoms with E-state index in [1.165, 1.54) is 0 Å². The molecule has 0 radical (unpaired) electrons. The molecule has 114 valence electrons. The number of aromatic nitrogens is 2. The van der Waals surface area contributed by atoms with E-state index in [1.54, 1.807) is 12.3 Å². The number of fused-ring (bicyclic) bond motifs is 1. The van der Waals surface area contributed by atoms with Gasteiger partial charge < -0.3 is 9.47 Å². The van der Waals surface area contributed by atoms with Gasteiger partial charge in [-0.25, -0.2) is 9.97 Å². The molecule has 0 saturated carbocycles. The molecule has 21 heavy (non-hydrogen) atoms. The lowest BCUT2D eigenvalue weighted by Crippen LogP contribution is -2.22. The van der Waals surface area contributed by atoms with Crippen molar-refractivity contribution in [3.05, 3.63) is 28.0 Å². The molecule has 0 spiro atoms. The summed E-state index contributed by atoms with van der Waals surface area (Å²) in [5.41, 5.74) is 0.630. The fourth-order valence-electron chi connectivity index (χ4n) is 1.68. The number of pyridine rings is 2. The molecule has 0 aliphatic carbocycles. The average molecular weight is 390 g/mol. The first-order valence-electron chi connectivity index (χ1n) is 6.68. The maximum absolute atomic E-state index is 5.94. The second-order valence-corrected chi connectivity index (χ2v) is 12.8. The summed E-state index contributed by atoms with van der Waals surface area (Å²) in [6.07, 6.45) is 1.69. The van der Waals surface area contributed by atoms with Crippen LogP contribution in [0.1, 0.15) is 0 Å². The third-order valence-corrected chi connectivity index (χ3v) is 5.44. The van der Waals surface area contributed by atoms with Gasteiger partial charge in [0.25, 0.3) is 0 Å². The van der Waals surface area contributed by atoms with Crippen molar-refractivity contribution in [1.29, 1.82) is 0 Å². The van der Waals surface area contributed by atoms with Crippen molar-refractivity contribution in [3.63, 3.8) is 0 Å². The molecule has 7 heteroatoms. The predicted octanol–water partition coefficient (Wildman–Crippen LogP) is 4.74. The molecule has 0 aliphatic rings. The normalized spacial score (nSPS) is 11.9. The van der Waals surface area contributed by atoms with Crippen LogP contribution in [0.25, 0.3) is 10.9 Å². The molecule has 2 heterocycles. The molecule has 0 amide bonds. The van der Waals surface area contributed by atoms with E-state index in [4.69, 9.17) is 21.1 Å². The van der Waals surface area contributed by atoms with E-state index >= 15 is 0 Å². The van der Waals surface area contributed by atoms with Crippen molar-refractivity contribution >= 4 is 46.5 Å². The lowest BCUT2D eigenvalue weighted by Gasteiger charge is -2.15. The zero-order valence-electron chi connectivity index (χ0n) is 12.3. The van der Waals surface area contributed by atoms with Crippen molar-refractivity contribution in [3.8, 4) is 5.88 Å². The summed E-state index contributed by atoms with van der Waals surface area (Å²) in [6, 6.07) is 4.73. The monoisotopic (exact) mass is 388 g/mol. The van der Waals surface area contributed by atoms with Gasteiger partial charge in [-0.1, -0.05) is 31.2 Å². The Hall–Kier alpha value is -0.693. The van der Waals surface area contributed by atoms with Gasteiger partial charge in [0.15, 0.2) is 6.79 Å². The number of nitrogens with zero attached hydrogens (tertiary/aromatic N) is 2. The van der Waals surface area contributed by atoms with Crippen LogP contribution in [-0.4, -0.2) is 31.4 Å². The molecule has 4 nitrogen and oxygen atoms in total. The molecular formula is C14H18BrClN2O2Si. The highest BCUT2D eigenvalue weighted by molar-refractivity contribution is 9.10. The topological polar surface area (TPSA) is 44.2 Å². The summed E-state index contributed by atoms with van der Waals surface area (Å²) in [4.78, 5) is 8.51. The summed E-state index contributed by atoms with van der Waals surface area (Å²) in [5.74, 6) is 0.434. The average Bonchev–Trinajstić information content (AvgIpc) is 2.39. The molecule has 0 aliphatic heterocycles. The van der Waals surface area contributed by atoms with E-state index in [1.807, 2.05) is 6.07 Å². The summed E-state index contributed by atoms with van der Waals surface area (Å²) >= 11 is 9.38. The number of rotatable bonds is 6. The molecule has 0 saturated heterocycles. The second-order valence-electron chi connectivity index (χ2n) is 5.92. The Morgan fingerprint density at radius 2 is 2.05 bits per heavy atom. The summed E-state index contributed by atoms with van der Waals surface area (Å²) in [5, 5.41) is 1.32. The lowest BCUT2D eigenvalue weighted by molar-refractivity contribution is 0.0202. The minimum Gasteiger partial charge on any atom is -0.449 e. The van der Waals surface area contributed by atoms with Crippen molar-refractivity contribution < 1.29 is 9.47 Å². The van der Waals surface area contributed by atoms with Gasteiger partial charge in [-0.3, -0.25) is 0 Å². The Balaban J connectivity index is 2.02. The Bertz CT molecular complexity index is 634. The highest BCUT2D eigenvalue weighted by Gasteiger charge is 2.13. The van der Waals surface area contributed by atoms with Crippen LogP contribution in [0.15, 0.2) is 22.8 Å². The molecule has 0 N–H and O–H groups in total. The Labute approximate surface area is 139 Å². The minimum atomic E-state index is -1.08. The third kappa shape index (κ3) is 4.91. The summed E-state index contributed by atoms with van der Waals surface area (Å²) in [6.45, 7) is 7.81. The van der Waals surface area contributed by atoms with Crippen LogP contribution in [0.2, 0.25) is 30.8 Å². The Kier molecular flexibility index (Phi) is 5.59. The fourth-order valence-corrected chi connectivity index (χ4v) is 3.00. The lowest BCUT2D eigenvalue weighted by atomic mass is 10.2. The van der Waals surface area contributed by atoms with Gasteiger partial charge in [0.1, 0.15) is 10.7 Å². The van der Waals surface area contributed by atoms with Crippen LogP contribution in [-0.2, 0) is 4.74 Å². The smallest absolute Gasteiger partial charge is 0.242 e. The van der Waals surface area contributed by atoms with E-state index in [0.29, 0.717) is 23.2 Å². The maximum atomic E-state index is 5.94. The highest BCUT2D eigenvalue weighted by Crippen LogP contribution is 2.29. The third-order valence-electron chi connectivity index (χ3n) is 2.89. The van der Waals surface area contributed by atoms with Crippen LogP contribution >= 0.6 is 27.5 Å². The number of hydrogen-bond donors (Lipinski definition) is 0. The first-order valence-corrected chi connectivity index (χ1v) is 11.6. The zero-order chi connectivity index (χ0) is 15.5. The summed E-state index contributed by atoms with van der Waals surface area (Å²) < 4.78 is 12.0. The number of halogens is 2. The molecule has 2 aromatic rings. The molecule has 0 atom stereocenters. The zero-order valence-corrected chi connectivity index (χ0v) is 15.7. The van der Waals surface area contributed by atoms with Gasteiger partial charge in [0.05, 0.1) is 0 Å². The van der Waals surface area contributed by atoms with E-state index in [2.05, 4.69) is 45.5 Å². The van der Waals surface area contributed by atoms with Crippen molar-refractivity contribution in [2.75, 3.05) is 13.4 Å². The van der Waals surface area contributed by atoms with Crippen LogP contribution in [0.5, 0.6) is 5.88 Å². The highest BCUT2D eigenvalue weighted by atomic mass is 79.9. The van der Waals surface area contributed by atoms with Gasteiger partial charge >= 0.3 is 0 Å². The quantitative estimate of drug-likeness (QED) is 0.310. The van der Waals surface area contributed by atoms with E-state index < -0.39 is 8.07 Å². The predicted molar refractivity (Wildman–Crippen MR) is 91.8 cm³/mol. The maximum Gasteiger partial charge on any atom is 0.242 e. The van der Waals surface area contributed by atoms with Gasteiger partial charge in [-0.15, -0.1) is 0 Å². The first-order chi connectivity index (χ1) is 9.87. The van der Waals surface area contributed by atoms with Crippen LogP contribution in [0.4, 0.5) is 0 Å². The first kappa shape index (κ1) is 16.7. The number of hydrogen-bond acceptors (Lipinski definition) is 4. The molecule has 0 bridgehead atoms. The van der Waals surface area contributed by atoms with Crippen molar-refractivity contribution in [2.45, 2.75) is 25.7 Å². The second kappa shape index (κ2) is 7.04. The van der Waals surface area contributed by atoms with E-state index in [0.717, 1.165) is 15.9 Å². The molecule has 0 aromatic carbocycles. The molecule has 0 unspecified atom stereocenters. The van der Waals surface area contributed by atoms with Crippen LogP contribution in [0, 0.1) is 0 Å². The Morgan fingerprint density at radius 1 is 1.29 bits per heavy atom. The van der Waals surface area contributed by atoms with E-state index in [9.17, 15) is 0 Å². The van der Waals surface area contributed by atoms with Crippen molar-refractivity contribution in [1.82, 2.24) is 9.97 Å². The minimum absolute atomic E-state index is 0.169. The van der Waals surface area contributed by atoms with Gasteiger partial charge in [0, 0.05) is 30.7 Å². The Morgan fingerprint density at radius 3 is 2.76 bits per heavy atom. The van der Waals surface area contributed by atoms with E-state index in [-0.39, 0.29) is 6.79 Å². The molecule has 0 fully saturated rings. The van der Waals surface area contributed by atoms with Gasteiger partial charge in [0.2, 0.25) is 5.88 Å². The van der Waals surface area contributed by atoms with Crippen LogP contribution < -0.4 is 4.74 Å².